The van der Waals surface area contributed by atoms with Gasteiger partial charge in [-0.25, -0.2) is 9.78 Å². The number of amides is 2. The van der Waals surface area contributed by atoms with Crippen molar-refractivity contribution in [3.63, 3.8) is 0 Å². The summed E-state index contributed by atoms with van der Waals surface area (Å²) in [5, 5.41) is 20.1. The molecule has 3 aromatic heterocycles. The highest BCUT2D eigenvalue weighted by atomic mass is 32.1. The zero-order valence-corrected chi connectivity index (χ0v) is 21.6. The first-order valence-electron chi connectivity index (χ1n) is 11.7. The molecule has 0 unspecified atom stereocenters. The zero-order valence-electron chi connectivity index (χ0n) is 20.8. The van der Waals surface area contributed by atoms with E-state index in [-0.39, 0.29) is 22.8 Å². The average Bonchev–Trinajstić information content (AvgIpc) is 3.46. The van der Waals surface area contributed by atoms with Gasteiger partial charge in [-0.2, -0.15) is 9.36 Å². The number of carboxylic acid groups (broad SMARTS) is 1. The standard InChI is InChI=1S/C25H23N5O7S/c1-9-15(19(24(35)36)30-18(9)16(11(3)31)22(30)34)14-8-29-21(12(4)32)27-17(23(29)38-14)20(33)13-6-5-7-28(10(13)2)25(26)37/h5-9,11,16,18,31H,1-4H3,(H2-,26,35,36,37)/p+1/t9-,11+,16+,18+/m0/s1. The van der Waals surface area contributed by atoms with E-state index in [9.17, 15) is 34.2 Å². The Balaban J connectivity index is 1.69. The third kappa shape index (κ3) is 3.42. The van der Waals surface area contributed by atoms with E-state index in [0.29, 0.717) is 21.0 Å². The highest BCUT2D eigenvalue weighted by Crippen LogP contribution is 2.51. The van der Waals surface area contributed by atoms with Gasteiger partial charge in [0, 0.05) is 24.6 Å². The highest BCUT2D eigenvalue weighted by Gasteiger charge is 2.60. The van der Waals surface area contributed by atoms with Gasteiger partial charge in [-0.05, 0) is 26.0 Å². The van der Waals surface area contributed by atoms with Gasteiger partial charge in [-0.15, -0.1) is 11.3 Å². The summed E-state index contributed by atoms with van der Waals surface area (Å²) in [5.74, 6) is -3.89. The minimum absolute atomic E-state index is 0.0217. The molecule has 4 atom stereocenters. The van der Waals surface area contributed by atoms with E-state index in [1.54, 1.807) is 20.0 Å². The maximum atomic E-state index is 13.6. The van der Waals surface area contributed by atoms with Crippen molar-refractivity contribution in [2.75, 3.05) is 0 Å². The number of primary amides is 1. The molecule has 4 N–H and O–H groups in total. The van der Waals surface area contributed by atoms with Crippen LogP contribution >= 0.6 is 11.3 Å². The summed E-state index contributed by atoms with van der Waals surface area (Å²) in [7, 11) is 0. The summed E-state index contributed by atoms with van der Waals surface area (Å²) in [4.78, 5) is 69.1. The van der Waals surface area contributed by atoms with Gasteiger partial charge in [-0.3, -0.25) is 24.5 Å². The summed E-state index contributed by atoms with van der Waals surface area (Å²) in [6, 6.07) is 1.72. The molecule has 1 saturated heterocycles. The Morgan fingerprint density at radius 1 is 1.26 bits per heavy atom. The number of carbonyl (C=O) groups is 5. The molecular weight excluding hydrogens is 514 g/mol. The first-order valence-corrected chi connectivity index (χ1v) is 12.6. The Bertz CT molecular complexity index is 1630. The number of nitrogens with zero attached hydrogens (tertiary/aromatic N) is 4. The van der Waals surface area contributed by atoms with Gasteiger partial charge in [-0.1, -0.05) is 6.92 Å². The van der Waals surface area contributed by atoms with Crippen molar-refractivity contribution in [1.29, 1.82) is 0 Å². The van der Waals surface area contributed by atoms with E-state index in [0.717, 1.165) is 15.9 Å². The van der Waals surface area contributed by atoms with Crippen molar-refractivity contribution in [2.24, 2.45) is 17.6 Å². The Labute approximate surface area is 219 Å². The number of rotatable bonds is 6. The molecule has 13 heteroatoms. The topological polar surface area (TPSA) is 176 Å². The molecule has 0 radical (unpaired) electrons. The average molecular weight is 539 g/mol. The van der Waals surface area contributed by atoms with Crippen LogP contribution in [0.25, 0.3) is 10.4 Å². The van der Waals surface area contributed by atoms with E-state index in [1.165, 1.54) is 41.5 Å². The van der Waals surface area contributed by atoms with Crippen LogP contribution in [0, 0.1) is 18.8 Å². The number of pyridine rings is 1. The summed E-state index contributed by atoms with van der Waals surface area (Å²) >= 11 is 1.07. The number of carboxylic acids is 1. The Morgan fingerprint density at radius 3 is 2.53 bits per heavy atom. The van der Waals surface area contributed by atoms with Gasteiger partial charge >= 0.3 is 12.0 Å². The molecule has 2 amide bonds. The number of Topliss-reactive ketones (excluding diaryl/α,β-unsaturated/α-hetero) is 1. The molecule has 2 aliphatic heterocycles. The fourth-order valence-electron chi connectivity index (χ4n) is 5.49. The number of carbonyl (C=O) groups excluding carboxylic acids is 4. The predicted octanol–water partition coefficient (Wildman–Crippen LogP) is 1.01. The number of β-lactam (4-membered cyclic amide) rings is 1. The SMILES string of the molecule is CC(=O)c1nc(C(=O)c2ccc[n+](C(N)=O)c2C)c2sc(C3=C(C(=O)O)N4C(=O)[C@H]([C@@H](C)O)[C@H]4[C@H]3C)cn12. The van der Waals surface area contributed by atoms with E-state index < -0.39 is 53.5 Å². The van der Waals surface area contributed by atoms with Crippen molar-refractivity contribution < 1.29 is 38.8 Å². The van der Waals surface area contributed by atoms with Crippen molar-refractivity contribution in [1.82, 2.24) is 14.3 Å². The fourth-order valence-corrected chi connectivity index (χ4v) is 6.72. The summed E-state index contributed by atoms with van der Waals surface area (Å²) in [5.41, 5.74) is 6.01. The monoisotopic (exact) mass is 538 g/mol. The number of ketones is 2. The van der Waals surface area contributed by atoms with Crippen LogP contribution in [0.2, 0.25) is 0 Å². The second kappa shape index (κ2) is 8.67. The maximum Gasteiger partial charge on any atom is 0.493 e. The van der Waals surface area contributed by atoms with Crippen LogP contribution in [0.4, 0.5) is 4.79 Å². The molecule has 3 aromatic rings. The lowest BCUT2D eigenvalue weighted by atomic mass is 9.77. The molecule has 5 heterocycles. The van der Waals surface area contributed by atoms with Crippen molar-refractivity contribution >= 4 is 51.2 Å². The molecule has 1 fully saturated rings. The lowest BCUT2D eigenvalue weighted by Gasteiger charge is -2.46. The number of fused-ring (bicyclic) bond motifs is 2. The van der Waals surface area contributed by atoms with Crippen LogP contribution < -0.4 is 10.3 Å². The molecule has 0 saturated carbocycles. The number of thiazole rings is 1. The molecule has 0 bridgehead atoms. The number of aliphatic carboxylic acids is 1. The van der Waals surface area contributed by atoms with Gasteiger partial charge in [0.2, 0.25) is 11.7 Å². The lowest BCUT2D eigenvalue weighted by molar-refractivity contribution is -0.576. The molecule has 196 valence electrons. The van der Waals surface area contributed by atoms with E-state index >= 15 is 0 Å². The van der Waals surface area contributed by atoms with E-state index in [4.69, 9.17) is 5.73 Å². The minimum Gasteiger partial charge on any atom is -0.477 e. The first-order chi connectivity index (χ1) is 17.9. The first kappa shape index (κ1) is 25.4. The number of aliphatic hydroxyl groups excluding tert-OH is 1. The van der Waals surface area contributed by atoms with Crippen molar-refractivity contribution in [3.05, 3.63) is 57.9 Å². The van der Waals surface area contributed by atoms with Crippen LogP contribution in [-0.2, 0) is 9.59 Å². The second-order valence-electron chi connectivity index (χ2n) is 9.48. The summed E-state index contributed by atoms with van der Waals surface area (Å²) in [6.07, 6.45) is 2.02. The van der Waals surface area contributed by atoms with Gasteiger partial charge in [0.25, 0.3) is 0 Å². The summed E-state index contributed by atoms with van der Waals surface area (Å²) in [6.45, 7) is 6.14. The van der Waals surface area contributed by atoms with Gasteiger partial charge < -0.3 is 15.1 Å². The molecule has 0 spiro atoms. The molecule has 38 heavy (non-hydrogen) atoms. The van der Waals surface area contributed by atoms with Crippen molar-refractivity contribution in [2.45, 2.75) is 39.8 Å². The van der Waals surface area contributed by atoms with Crippen LogP contribution in [0.5, 0.6) is 0 Å². The normalized spacial score (nSPS) is 21.4. The van der Waals surface area contributed by atoms with Crippen LogP contribution in [0.15, 0.2) is 30.2 Å². The largest absolute Gasteiger partial charge is 0.493 e. The number of aliphatic hydroxyl groups is 1. The predicted molar refractivity (Wildman–Crippen MR) is 132 cm³/mol. The lowest BCUT2D eigenvalue weighted by Crippen LogP contribution is -2.63. The molecule has 5 rings (SSSR count). The molecule has 0 aliphatic carbocycles. The quantitative estimate of drug-likeness (QED) is 0.237. The summed E-state index contributed by atoms with van der Waals surface area (Å²) < 4.78 is 2.56. The van der Waals surface area contributed by atoms with Crippen molar-refractivity contribution in [3.8, 4) is 0 Å². The van der Waals surface area contributed by atoms with Crippen LogP contribution in [0.1, 0.15) is 58.0 Å². The van der Waals surface area contributed by atoms with Crippen LogP contribution in [-0.4, -0.2) is 66.1 Å². The third-order valence-electron chi connectivity index (χ3n) is 7.22. The van der Waals surface area contributed by atoms with Gasteiger partial charge in [0.05, 0.1) is 34.7 Å². The number of hydrogen-bond acceptors (Lipinski definition) is 8. The molecule has 12 nitrogen and oxygen atoms in total. The number of hydrogen-bond donors (Lipinski definition) is 3. The number of aromatic nitrogens is 3. The third-order valence-corrected chi connectivity index (χ3v) is 8.35. The number of imidazole rings is 1. The smallest absolute Gasteiger partial charge is 0.477 e. The van der Waals surface area contributed by atoms with E-state index in [2.05, 4.69) is 4.98 Å². The zero-order chi connectivity index (χ0) is 27.8. The Hall–Kier alpha value is -4.23. The van der Waals surface area contributed by atoms with E-state index in [1.807, 2.05) is 0 Å². The van der Waals surface area contributed by atoms with Crippen LogP contribution in [0.3, 0.4) is 0 Å². The van der Waals surface area contributed by atoms with Gasteiger partial charge in [0.1, 0.15) is 21.9 Å². The minimum atomic E-state index is -1.29. The Morgan fingerprint density at radius 2 is 1.95 bits per heavy atom. The maximum absolute atomic E-state index is 13.6. The molecule has 2 aliphatic rings. The highest BCUT2D eigenvalue weighted by molar-refractivity contribution is 7.18. The molecular formula is C25H24N5O7S+. The second-order valence-corrected chi connectivity index (χ2v) is 10.5. The fraction of sp³-hybridized carbons (Fsp3) is 0.320. The van der Waals surface area contributed by atoms with Gasteiger partial charge in [0.15, 0.2) is 11.6 Å². The number of nitrogens with two attached hydrogens (primary N) is 1. The molecule has 0 aromatic carbocycles. The Kier molecular flexibility index (Phi) is 5.80.